The minimum absolute atomic E-state index is 0. The number of benzene rings is 1. The molecule has 1 aromatic rings. The number of rotatable bonds is 9. The van der Waals surface area contributed by atoms with Crippen molar-refractivity contribution in [3.63, 3.8) is 0 Å². The third kappa shape index (κ3) is 7.16. The Bertz CT molecular complexity index is 525. The first-order chi connectivity index (χ1) is 10.9. The van der Waals surface area contributed by atoms with Crippen LogP contribution in [0, 0.1) is 5.92 Å². The number of carbonyl (C=O) groups excluding carboxylic acids is 1. The van der Waals surface area contributed by atoms with Crippen LogP contribution in [-0.2, 0) is 0 Å². The van der Waals surface area contributed by atoms with Crippen LogP contribution < -0.4 is 20.1 Å². The molecule has 0 fully saturated rings. The maximum Gasteiger partial charge on any atom is 0.251 e. The van der Waals surface area contributed by atoms with Crippen LogP contribution >= 0.6 is 24.0 Å². The monoisotopic (exact) mass is 378 g/mol. The van der Waals surface area contributed by atoms with Gasteiger partial charge in [0, 0.05) is 18.2 Å². The summed E-state index contributed by atoms with van der Waals surface area (Å²) in [5, 5.41) is 6.29. The van der Waals surface area contributed by atoms with E-state index in [1.807, 2.05) is 14.0 Å². The van der Waals surface area contributed by atoms with E-state index in [2.05, 4.69) is 24.5 Å². The van der Waals surface area contributed by atoms with Gasteiger partial charge in [0.05, 0.1) is 18.7 Å². The van der Waals surface area contributed by atoms with Gasteiger partial charge in [-0.05, 0) is 38.4 Å². The van der Waals surface area contributed by atoms with E-state index in [0.717, 1.165) is 6.42 Å². The van der Waals surface area contributed by atoms with E-state index in [1.165, 1.54) is 7.11 Å². The molecule has 1 rings (SSSR count). The Morgan fingerprint density at radius 3 is 2.50 bits per heavy atom. The highest BCUT2D eigenvalue weighted by molar-refractivity contribution is 6.32. The molecule has 5 nitrogen and oxygen atoms in total. The molecule has 0 aliphatic heterocycles. The molecule has 7 heteroatoms. The summed E-state index contributed by atoms with van der Waals surface area (Å²) in [6.07, 6.45) is 0.920. The van der Waals surface area contributed by atoms with E-state index >= 15 is 0 Å². The molecule has 1 unspecified atom stereocenters. The topological polar surface area (TPSA) is 59.6 Å². The van der Waals surface area contributed by atoms with Crippen LogP contribution in [0.4, 0.5) is 0 Å². The van der Waals surface area contributed by atoms with E-state index in [-0.39, 0.29) is 24.4 Å². The predicted octanol–water partition coefficient (Wildman–Crippen LogP) is 3.53. The van der Waals surface area contributed by atoms with Gasteiger partial charge in [-0.25, -0.2) is 0 Å². The number of likely N-dealkylation sites (N-methyl/N-ethyl adjacent to an activating group) is 1. The molecule has 0 aromatic heterocycles. The zero-order valence-electron chi connectivity index (χ0n) is 14.9. The van der Waals surface area contributed by atoms with Gasteiger partial charge in [0.25, 0.3) is 5.91 Å². The van der Waals surface area contributed by atoms with Crippen LogP contribution in [0.15, 0.2) is 12.1 Å². The molecule has 0 spiro atoms. The molecule has 0 saturated heterocycles. The molecular formula is C17H28Cl2N2O3. The quantitative estimate of drug-likeness (QED) is 0.689. The lowest BCUT2D eigenvalue weighted by Crippen LogP contribution is -2.37. The number of carbonyl (C=O) groups is 1. The predicted molar refractivity (Wildman–Crippen MR) is 101 cm³/mol. The molecule has 0 radical (unpaired) electrons. The summed E-state index contributed by atoms with van der Waals surface area (Å²) in [6, 6.07) is 3.44. The average Bonchev–Trinajstić information content (AvgIpc) is 2.52. The smallest absolute Gasteiger partial charge is 0.251 e. The van der Waals surface area contributed by atoms with Crippen molar-refractivity contribution in [1.29, 1.82) is 0 Å². The summed E-state index contributed by atoms with van der Waals surface area (Å²) >= 11 is 6.27. The van der Waals surface area contributed by atoms with Crippen LogP contribution in [0.2, 0.25) is 5.02 Å². The van der Waals surface area contributed by atoms with Crippen LogP contribution in [0.25, 0.3) is 0 Å². The second-order valence-corrected chi connectivity index (χ2v) is 6.33. The van der Waals surface area contributed by atoms with E-state index in [9.17, 15) is 4.79 Å². The fourth-order valence-electron chi connectivity index (χ4n) is 1.84. The molecule has 2 N–H and O–H groups in total. The van der Waals surface area contributed by atoms with Crippen molar-refractivity contribution in [2.75, 3.05) is 27.3 Å². The van der Waals surface area contributed by atoms with E-state index in [4.69, 9.17) is 21.1 Å². The summed E-state index contributed by atoms with van der Waals surface area (Å²) in [5.41, 5.74) is 0.450. The van der Waals surface area contributed by atoms with E-state index < -0.39 is 0 Å². The summed E-state index contributed by atoms with van der Waals surface area (Å²) in [7, 11) is 3.38. The van der Waals surface area contributed by atoms with Gasteiger partial charge >= 0.3 is 0 Å². The van der Waals surface area contributed by atoms with Crippen molar-refractivity contribution in [2.45, 2.75) is 33.2 Å². The highest BCUT2D eigenvalue weighted by Gasteiger charge is 2.16. The van der Waals surface area contributed by atoms with Gasteiger partial charge in [-0.1, -0.05) is 25.4 Å². The third-order valence-corrected chi connectivity index (χ3v) is 3.78. The first-order valence-corrected chi connectivity index (χ1v) is 8.22. The Morgan fingerprint density at radius 2 is 1.96 bits per heavy atom. The van der Waals surface area contributed by atoms with Gasteiger partial charge < -0.3 is 20.1 Å². The molecular weight excluding hydrogens is 351 g/mol. The fourth-order valence-corrected chi connectivity index (χ4v) is 2.10. The van der Waals surface area contributed by atoms with Crippen molar-refractivity contribution in [3.05, 3.63) is 22.7 Å². The van der Waals surface area contributed by atoms with Crippen LogP contribution in [0.3, 0.4) is 0 Å². The van der Waals surface area contributed by atoms with E-state index in [0.29, 0.717) is 41.2 Å². The Kier molecular flexibility index (Phi) is 10.8. The normalized spacial score (nSPS) is 11.6. The number of hydrogen-bond acceptors (Lipinski definition) is 4. The van der Waals surface area contributed by atoms with E-state index in [1.54, 1.807) is 12.1 Å². The molecule has 0 bridgehead atoms. The van der Waals surface area contributed by atoms with Crippen molar-refractivity contribution in [2.24, 2.45) is 5.92 Å². The highest BCUT2D eigenvalue weighted by atomic mass is 35.5. The molecule has 1 atom stereocenters. The van der Waals surface area contributed by atoms with Gasteiger partial charge in [-0.2, -0.15) is 0 Å². The number of nitrogens with one attached hydrogen (secondary N) is 2. The molecule has 0 heterocycles. The standard InChI is InChI=1S/C17H27ClN2O3.ClH/c1-11(2)6-7-23-16-14(18)8-13(9-15(16)22-5)17(21)20-10-12(3)19-4;/h8-9,11-12,19H,6-7,10H2,1-5H3,(H,20,21);1H. The Hall–Kier alpha value is -1.17. The minimum Gasteiger partial charge on any atom is -0.493 e. The largest absolute Gasteiger partial charge is 0.493 e. The molecule has 1 aromatic carbocycles. The number of amides is 1. The SMILES string of the molecule is CNC(C)CNC(=O)c1cc(Cl)c(OCCC(C)C)c(OC)c1.Cl. The molecule has 138 valence electrons. The zero-order chi connectivity index (χ0) is 17.4. The highest BCUT2D eigenvalue weighted by Crippen LogP contribution is 2.36. The number of halogens is 2. The second-order valence-electron chi connectivity index (χ2n) is 5.92. The van der Waals surface area contributed by atoms with Crippen LogP contribution in [-0.4, -0.2) is 39.3 Å². The number of ether oxygens (including phenoxy) is 2. The average molecular weight is 379 g/mol. The summed E-state index contributed by atoms with van der Waals surface area (Å²) < 4.78 is 11.0. The lowest BCUT2D eigenvalue weighted by molar-refractivity contribution is 0.0950. The fraction of sp³-hybridized carbons (Fsp3) is 0.588. The molecule has 24 heavy (non-hydrogen) atoms. The third-order valence-electron chi connectivity index (χ3n) is 3.49. The van der Waals surface area contributed by atoms with Crippen molar-refractivity contribution in [1.82, 2.24) is 10.6 Å². The Morgan fingerprint density at radius 1 is 1.29 bits per heavy atom. The first-order valence-electron chi connectivity index (χ1n) is 7.84. The summed E-state index contributed by atoms with van der Waals surface area (Å²) in [6.45, 7) is 7.32. The minimum atomic E-state index is -0.193. The Balaban J connectivity index is 0.00000529. The molecule has 0 aliphatic carbocycles. The second kappa shape index (κ2) is 11.4. The lowest BCUT2D eigenvalue weighted by atomic mass is 10.1. The van der Waals surface area contributed by atoms with Gasteiger partial charge in [-0.15, -0.1) is 12.4 Å². The molecule has 1 amide bonds. The number of hydrogen-bond donors (Lipinski definition) is 2. The summed E-state index contributed by atoms with van der Waals surface area (Å²) in [4.78, 5) is 12.2. The van der Waals surface area contributed by atoms with Crippen molar-refractivity contribution in [3.8, 4) is 11.5 Å². The van der Waals surface area contributed by atoms with Crippen molar-refractivity contribution < 1.29 is 14.3 Å². The molecule has 0 saturated carbocycles. The van der Waals surface area contributed by atoms with Gasteiger partial charge in [0.2, 0.25) is 0 Å². The van der Waals surface area contributed by atoms with Crippen LogP contribution in [0.1, 0.15) is 37.6 Å². The maximum atomic E-state index is 12.2. The zero-order valence-corrected chi connectivity index (χ0v) is 16.5. The van der Waals surface area contributed by atoms with Crippen LogP contribution in [0.5, 0.6) is 11.5 Å². The van der Waals surface area contributed by atoms with Gasteiger partial charge in [0.1, 0.15) is 0 Å². The Labute approximate surface area is 155 Å². The molecule has 0 aliphatic rings. The first kappa shape index (κ1) is 22.8. The van der Waals surface area contributed by atoms with Gasteiger partial charge in [-0.3, -0.25) is 4.79 Å². The summed E-state index contributed by atoms with van der Waals surface area (Å²) in [5.74, 6) is 1.29. The van der Waals surface area contributed by atoms with Gasteiger partial charge in [0.15, 0.2) is 11.5 Å². The lowest BCUT2D eigenvalue weighted by Gasteiger charge is -2.16. The maximum absolute atomic E-state index is 12.2. The van der Waals surface area contributed by atoms with Crippen molar-refractivity contribution >= 4 is 29.9 Å². The number of methoxy groups -OCH3 is 1.